The van der Waals surface area contributed by atoms with Crippen LogP contribution < -0.4 is 19.7 Å². The van der Waals surface area contributed by atoms with Crippen molar-refractivity contribution >= 4 is 44.9 Å². The summed E-state index contributed by atoms with van der Waals surface area (Å²) in [7, 11) is 1.60. The number of hydrogen-bond donors (Lipinski definition) is 1. The smallest absolute Gasteiger partial charge is 0.317 e. The molecule has 0 unspecified atom stereocenters. The van der Waals surface area contributed by atoms with Gasteiger partial charge < -0.3 is 19.5 Å². The number of ether oxygens (including phenoxy) is 3. The summed E-state index contributed by atoms with van der Waals surface area (Å²) >= 11 is 9.16. The molecule has 0 radical (unpaired) electrons. The van der Waals surface area contributed by atoms with E-state index in [0.29, 0.717) is 16.6 Å². The molecule has 1 fully saturated rings. The molecule has 2 bridgehead atoms. The molecule has 4 rings (SSSR count). The monoisotopic (exact) mass is 476 g/mol. The number of esters is 1. The number of carbonyl (C=O) groups excluding carboxylic acids is 1. The first kappa shape index (κ1) is 20.0. The van der Waals surface area contributed by atoms with Crippen molar-refractivity contribution in [3.8, 4) is 11.5 Å². The van der Waals surface area contributed by atoms with Gasteiger partial charge in [-0.15, -0.1) is 0 Å². The van der Waals surface area contributed by atoms with Crippen LogP contribution in [0.1, 0.15) is 25.5 Å². The molecule has 0 saturated carbocycles. The minimum absolute atomic E-state index is 0.284. The van der Waals surface area contributed by atoms with Crippen molar-refractivity contribution in [3.63, 3.8) is 0 Å². The largest absolute Gasteiger partial charge is 0.493 e. The van der Waals surface area contributed by atoms with Crippen LogP contribution in [0.2, 0.25) is 0 Å². The number of nitrogens with one attached hydrogen (secondary N) is 1. The fourth-order valence-electron chi connectivity index (χ4n) is 4.10. The Morgan fingerprint density at radius 2 is 2.03 bits per heavy atom. The summed E-state index contributed by atoms with van der Waals surface area (Å²) < 4.78 is 18.4. The van der Waals surface area contributed by atoms with Crippen LogP contribution >= 0.6 is 28.1 Å². The molecular formula is C21H21BrN2O4S. The third-order valence-corrected chi connectivity index (χ3v) is 6.16. The summed E-state index contributed by atoms with van der Waals surface area (Å²) in [5.41, 5.74) is 0.520. The molecule has 1 saturated heterocycles. The summed E-state index contributed by atoms with van der Waals surface area (Å²) in [5.74, 6) is 0.217. The Labute approximate surface area is 183 Å². The van der Waals surface area contributed by atoms with Crippen molar-refractivity contribution in [1.82, 2.24) is 5.32 Å². The lowest BCUT2D eigenvalue weighted by atomic mass is 9.79. The van der Waals surface area contributed by atoms with Gasteiger partial charge in [-0.2, -0.15) is 0 Å². The predicted molar refractivity (Wildman–Crippen MR) is 117 cm³/mol. The first-order valence-corrected chi connectivity index (χ1v) is 10.5. The molecule has 1 N–H and O–H groups in total. The Bertz CT molecular complexity index is 968. The molecule has 0 amide bonds. The molecule has 3 atom stereocenters. The second-order valence-electron chi connectivity index (χ2n) is 7.00. The summed E-state index contributed by atoms with van der Waals surface area (Å²) in [6.45, 7) is 3.94. The van der Waals surface area contributed by atoms with E-state index < -0.39 is 17.7 Å². The molecule has 29 heavy (non-hydrogen) atoms. The van der Waals surface area contributed by atoms with Gasteiger partial charge in [0.1, 0.15) is 5.92 Å². The average molecular weight is 477 g/mol. The summed E-state index contributed by atoms with van der Waals surface area (Å²) in [6.07, 6.45) is 0. The molecule has 0 aromatic heterocycles. The van der Waals surface area contributed by atoms with Crippen LogP contribution in [0.15, 0.2) is 46.9 Å². The Balaban J connectivity index is 1.91. The number of methoxy groups -OCH3 is 1. The highest BCUT2D eigenvalue weighted by Gasteiger charge is 2.60. The van der Waals surface area contributed by atoms with E-state index in [-0.39, 0.29) is 12.6 Å². The number of benzene rings is 2. The lowest BCUT2D eigenvalue weighted by Crippen LogP contribution is -2.71. The number of fused-ring (bicyclic) bond motifs is 4. The van der Waals surface area contributed by atoms with Gasteiger partial charge in [0.05, 0.1) is 19.8 Å². The second-order valence-corrected chi connectivity index (χ2v) is 8.31. The van der Waals surface area contributed by atoms with Gasteiger partial charge in [-0.25, -0.2) is 0 Å². The Morgan fingerprint density at radius 3 is 2.69 bits per heavy atom. The SMILES string of the molecule is CCOC(=O)[C@@H]1[C@H]2NC(=S)N(c3ccc(Br)cc3)[C@@]1(C)Oc1c(OC)cccc12. The fraction of sp³-hybridized carbons (Fsp3) is 0.333. The number of halogens is 1. The number of para-hydroxylation sites is 1. The molecule has 8 heteroatoms. The Hall–Kier alpha value is -2.32. The molecule has 152 valence electrons. The van der Waals surface area contributed by atoms with E-state index in [1.165, 1.54) is 0 Å². The van der Waals surface area contributed by atoms with E-state index in [1.807, 2.05) is 54.3 Å². The van der Waals surface area contributed by atoms with Crippen LogP contribution in [0.25, 0.3) is 0 Å². The maximum Gasteiger partial charge on any atom is 0.317 e. The number of nitrogens with zero attached hydrogens (tertiary/aromatic N) is 1. The zero-order valence-electron chi connectivity index (χ0n) is 16.3. The van der Waals surface area contributed by atoms with Gasteiger partial charge >= 0.3 is 5.97 Å². The number of carbonyl (C=O) groups is 1. The highest BCUT2D eigenvalue weighted by atomic mass is 79.9. The van der Waals surface area contributed by atoms with E-state index in [4.69, 9.17) is 26.4 Å². The normalized spacial score (nSPS) is 24.8. The maximum atomic E-state index is 13.1. The van der Waals surface area contributed by atoms with Gasteiger partial charge in [0, 0.05) is 15.7 Å². The summed E-state index contributed by atoms with van der Waals surface area (Å²) in [5, 5.41) is 3.82. The Morgan fingerprint density at radius 1 is 1.31 bits per heavy atom. The van der Waals surface area contributed by atoms with Crippen molar-refractivity contribution < 1.29 is 19.0 Å². The quantitative estimate of drug-likeness (QED) is 0.524. The number of hydrogen-bond acceptors (Lipinski definition) is 5. The highest BCUT2D eigenvalue weighted by molar-refractivity contribution is 9.10. The van der Waals surface area contributed by atoms with E-state index in [9.17, 15) is 4.79 Å². The molecule has 6 nitrogen and oxygen atoms in total. The zero-order valence-corrected chi connectivity index (χ0v) is 18.7. The van der Waals surface area contributed by atoms with E-state index in [2.05, 4.69) is 21.2 Å². The van der Waals surface area contributed by atoms with Gasteiger partial charge in [0.2, 0.25) is 5.72 Å². The molecule has 0 spiro atoms. The standard InChI is InChI=1S/C21H21BrN2O4S/c1-4-27-19(25)16-17-14-6-5-7-15(26-3)18(14)28-21(16,2)24(20(29)23-17)13-10-8-12(22)9-11-13/h5-11,16-17H,4H2,1-3H3,(H,23,29)/t16-,17-,21-/m0/s1. The first-order chi connectivity index (χ1) is 13.9. The van der Waals surface area contributed by atoms with Gasteiger partial charge in [-0.3, -0.25) is 9.69 Å². The number of rotatable bonds is 4. The van der Waals surface area contributed by atoms with Gasteiger partial charge in [-0.05, 0) is 56.4 Å². The molecular weight excluding hydrogens is 456 g/mol. The molecule has 0 aliphatic carbocycles. The van der Waals surface area contributed by atoms with Crippen LogP contribution in [0.4, 0.5) is 5.69 Å². The van der Waals surface area contributed by atoms with Gasteiger partial charge in [-0.1, -0.05) is 28.1 Å². The minimum Gasteiger partial charge on any atom is -0.493 e. The zero-order chi connectivity index (χ0) is 20.8. The molecule has 2 heterocycles. The lowest BCUT2D eigenvalue weighted by Gasteiger charge is -2.55. The average Bonchev–Trinajstić information content (AvgIpc) is 2.68. The summed E-state index contributed by atoms with van der Waals surface area (Å²) in [6, 6.07) is 12.9. The second kappa shape index (κ2) is 7.50. The van der Waals surface area contributed by atoms with E-state index >= 15 is 0 Å². The van der Waals surface area contributed by atoms with E-state index in [0.717, 1.165) is 15.7 Å². The summed E-state index contributed by atoms with van der Waals surface area (Å²) in [4.78, 5) is 14.9. The maximum absolute atomic E-state index is 13.1. The van der Waals surface area contributed by atoms with Gasteiger partial charge in [0.25, 0.3) is 0 Å². The third kappa shape index (κ3) is 3.14. The van der Waals surface area contributed by atoms with Crippen molar-refractivity contribution in [2.24, 2.45) is 5.92 Å². The molecule has 2 aromatic carbocycles. The molecule has 2 aliphatic heterocycles. The van der Waals surface area contributed by atoms with Crippen LogP contribution in [0, 0.1) is 5.92 Å². The lowest BCUT2D eigenvalue weighted by molar-refractivity contribution is -0.159. The number of anilines is 1. The fourth-order valence-corrected chi connectivity index (χ4v) is 4.78. The molecule has 2 aliphatic rings. The van der Waals surface area contributed by atoms with Crippen molar-refractivity contribution in [2.75, 3.05) is 18.6 Å². The van der Waals surface area contributed by atoms with Crippen LogP contribution in [-0.2, 0) is 9.53 Å². The topological polar surface area (TPSA) is 60.0 Å². The Kier molecular flexibility index (Phi) is 5.16. The molecule has 2 aromatic rings. The third-order valence-electron chi connectivity index (χ3n) is 5.33. The van der Waals surface area contributed by atoms with Gasteiger partial charge in [0.15, 0.2) is 16.6 Å². The minimum atomic E-state index is -1.10. The predicted octanol–water partition coefficient (Wildman–Crippen LogP) is 4.18. The highest BCUT2D eigenvalue weighted by Crippen LogP contribution is 2.52. The van der Waals surface area contributed by atoms with Crippen molar-refractivity contribution in [2.45, 2.75) is 25.6 Å². The van der Waals surface area contributed by atoms with Crippen molar-refractivity contribution in [3.05, 3.63) is 52.5 Å². The van der Waals surface area contributed by atoms with Crippen LogP contribution in [0.5, 0.6) is 11.5 Å². The van der Waals surface area contributed by atoms with E-state index in [1.54, 1.807) is 14.0 Å². The van der Waals surface area contributed by atoms with Crippen LogP contribution in [0.3, 0.4) is 0 Å². The van der Waals surface area contributed by atoms with Crippen LogP contribution in [-0.4, -0.2) is 30.5 Å². The van der Waals surface area contributed by atoms with Crippen molar-refractivity contribution in [1.29, 1.82) is 0 Å². The first-order valence-electron chi connectivity index (χ1n) is 9.29. The number of thiocarbonyl (C=S) groups is 1.